The molecule has 0 amide bonds. The summed E-state index contributed by atoms with van der Waals surface area (Å²) in [6, 6.07) is 5.75. The van der Waals surface area contributed by atoms with Crippen LogP contribution < -0.4 is 16.5 Å². The lowest BCUT2D eigenvalue weighted by atomic mass is 10.2. The maximum absolute atomic E-state index is 10.6. The van der Waals surface area contributed by atoms with Gasteiger partial charge in [0.2, 0.25) is 0 Å². The number of benzene rings is 1. The molecule has 0 spiro atoms. The van der Waals surface area contributed by atoms with Crippen molar-refractivity contribution in [1.82, 2.24) is 0 Å². The van der Waals surface area contributed by atoms with Gasteiger partial charge in [-0.15, -0.1) is 0 Å². The van der Waals surface area contributed by atoms with Crippen molar-refractivity contribution in [1.29, 1.82) is 5.26 Å². The molecule has 1 aromatic carbocycles. The van der Waals surface area contributed by atoms with Gasteiger partial charge in [0.1, 0.15) is 0 Å². The van der Waals surface area contributed by atoms with E-state index < -0.39 is 4.92 Å². The Morgan fingerprint density at radius 1 is 1.53 bits per heavy atom. The Morgan fingerprint density at radius 2 is 2.20 bits per heavy atom. The third-order valence-electron chi connectivity index (χ3n) is 1.60. The van der Waals surface area contributed by atoms with Crippen molar-refractivity contribution >= 4 is 17.3 Å². The molecule has 5 N–H and O–H groups in total. The van der Waals surface area contributed by atoms with Crippen LogP contribution in [0.2, 0.25) is 0 Å². The second-order valence-corrected chi connectivity index (χ2v) is 2.68. The maximum atomic E-state index is 10.6. The predicted molar refractivity (Wildman–Crippen MR) is 51.8 cm³/mol. The molecule has 76 valence electrons. The first kappa shape index (κ1) is 10.5. The molecule has 0 saturated carbocycles. The minimum absolute atomic E-state index is 0.150. The lowest BCUT2D eigenvalue weighted by Gasteiger charge is -1.96. The first-order valence-corrected chi connectivity index (χ1v) is 3.88. The van der Waals surface area contributed by atoms with Gasteiger partial charge in [-0.1, -0.05) is 0 Å². The number of rotatable bonds is 2. The van der Waals surface area contributed by atoms with Gasteiger partial charge in [0, 0.05) is 6.07 Å². The quantitative estimate of drug-likeness (QED) is 0.233. The molecule has 0 radical (unpaired) electrons. The minimum atomic E-state index is -0.619. The van der Waals surface area contributed by atoms with E-state index in [-0.39, 0.29) is 22.9 Å². The highest BCUT2D eigenvalue weighted by atomic mass is 16.6. The molecule has 7 nitrogen and oxygen atoms in total. The topological polar surface area (TPSA) is 133 Å². The zero-order chi connectivity index (χ0) is 11.4. The van der Waals surface area contributed by atoms with Gasteiger partial charge in [-0.2, -0.15) is 5.26 Å². The summed E-state index contributed by atoms with van der Waals surface area (Å²) in [4.78, 5) is 12.4. The van der Waals surface area contributed by atoms with Gasteiger partial charge in [0.15, 0.2) is 5.69 Å². The molecule has 0 aromatic heterocycles. The number of nitrogens with two attached hydrogens (primary N) is 2. The summed E-state index contributed by atoms with van der Waals surface area (Å²) in [5.41, 5.74) is 10.4. The number of guanidine groups is 1. The minimum Gasteiger partial charge on any atom is -0.291 e. The molecule has 0 aliphatic rings. The molecule has 0 atom stereocenters. The van der Waals surface area contributed by atoms with Gasteiger partial charge >= 0.3 is 11.6 Å². The molecule has 0 bridgehead atoms. The predicted octanol–water partition coefficient (Wildman–Crippen LogP) is -1.55. The highest BCUT2D eigenvalue weighted by Crippen LogP contribution is 2.20. The van der Waals surface area contributed by atoms with Crippen molar-refractivity contribution in [3.05, 3.63) is 33.9 Å². The van der Waals surface area contributed by atoms with Crippen LogP contribution in [0.15, 0.2) is 18.2 Å². The molecule has 0 heterocycles. The van der Waals surface area contributed by atoms with Gasteiger partial charge in [-0.25, -0.2) is 4.99 Å². The molecule has 1 rings (SSSR count). The summed E-state index contributed by atoms with van der Waals surface area (Å²) < 4.78 is 0. The lowest BCUT2D eigenvalue weighted by Crippen LogP contribution is -2.72. The fourth-order valence-corrected chi connectivity index (χ4v) is 1.01. The summed E-state index contributed by atoms with van der Waals surface area (Å²) in [7, 11) is 0. The molecule has 0 saturated heterocycles. The smallest absolute Gasteiger partial charge is 0.291 e. The second-order valence-electron chi connectivity index (χ2n) is 2.68. The first-order chi connectivity index (χ1) is 7.04. The Bertz CT molecular complexity index is 470. The zero-order valence-corrected chi connectivity index (χ0v) is 7.60. The Hall–Kier alpha value is -2.62. The van der Waals surface area contributed by atoms with Crippen molar-refractivity contribution < 1.29 is 9.92 Å². The Labute approximate surface area is 84.8 Å². The van der Waals surface area contributed by atoms with E-state index in [1.54, 1.807) is 6.07 Å². The van der Waals surface area contributed by atoms with E-state index in [1.165, 1.54) is 12.1 Å². The molecule has 0 aliphatic carbocycles. The molecule has 0 unspecified atom stereocenters. The fraction of sp³-hybridized carbons (Fsp3) is 0. The Balaban J connectivity index is 3.35. The van der Waals surface area contributed by atoms with E-state index in [9.17, 15) is 10.1 Å². The van der Waals surface area contributed by atoms with Gasteiger partial charge in [0.05, 0.1) is 16.6 Å². The van der Waals surface area contributed by atoms with Gasteiger partial charge in [0.25, 0.3) is 0 Å². The number of nitro benzene ring substituents is 1. The van der Waals surface area contributed by atoms with E-state index in [1.807, 2.05) is 0 Å². The first-order valence-electron chi connectivity index (χ1n) is 3.88. The Morgan fingerprint density at radius 3 is 2.67 bits per heavy atom. The van der Waals surface area contributed by atoms with Crippen LogP contribution in [0.4, 0.5) is 11.4 Å². The normalized spacial score (nSPS) is 9.00. The van der Waals surface area contributed by atoms with E-state index >= 15 is 0 Å². The SMILES string of the molecule is N#Cc1ccc([NH+]=C(N)N)c([N+](=O)[O-])c1. The van der Waals surface area contributed by atoms with Crippen molar-refractivity contribution in [3.63, 3.8) is 0 Å². The van der Waals surface area contributed by atoms with Crippen LogP contribution in [0.5, 0.6) is 0 Å². The highest BCUT2D eigenvalue weighted by molar-refractivity contribution is 5.71. The van der Waals surface area contributed by atoms with E-state index in [4.69, 9.17) is 16.7 Å². The summed E-state index contributed by atoms with van der Waals surface area (Å²) in [5.74, 6) is -0.150. The molecular formula is C8H8N5O2+. The van der Waals surface area contributed by atoms with Gasteiger partial charge < -0.3 is 0 Å². The lowest BCUT2D eigenvalue weighted by molar-refractivity contribution is -0.412. The number of nitrogens with zero attached hydrogens (tertiary/aromatic N) is 2. The van der Waals surface area contributed by atoms with Crippen LogP contribution in [0.1, 0.15) is 5.56 Å². The van der Waals surface area contributed by atoms with Crippen molar-refractivity contribution in [2.24, 2.45) is 11.5 Å². The summed E-state index contributed by atoms with van der Waals surface area (Å²) >= 11 is 0. The average Bonchev–Trinajstić information content (AvgIpc) is 2.17. The van der Waals surface area contributed by atoms with Crippen LogP contribution in [0.25, 0.3) is 0 Å². The van der Waals surface area contributed by atoms with Crippen LogP contribution in [-0.2, 0) is 0 Å². The molecule has 1 aromatic rings. The van der Waals surface area contributed by atoms with E-state index in [0.29, 0.717) is 0 Å². The summed E-state index contributed by atoms with van der Waals surface area (Å²) in [5, 5.41) is 19.2. The number of nitro groups is 1. The monoisotopic (exact) mass is 206 g/mol. The zero-order valence-electron chi connectivity index (χ0n) is 7.60. The summed E-state index contributed by atoms with van der Waals surface area (Å²) in [6.45, 7) is 0. The van der Waals surface area contributed by atoms with Gasteiger partial charge in [-0.3, -0.25) is 21.6 Å². The average molecular weight is 206 g/mol. The largest absolute Gasteiger partial charge is 0.343 e. The van der Waals surface area contributed by atoms with Crippen molar-refractivity contribution in [2.75, 3.05) is 0 Å². The molecular weight excluding hydrogens is 198 g/mol. The second kappa shape index (κ2) is 4.06. The van der Waals surface area contributed by atoms with Crippen molar-refractivity contribution in [2.45, 2.75) is 0 Å². The Kier molecular flexibility index (Phi) is 2.83. The molecule has 15 heavy (non-hydrogen) atoms. The number of hydrogen-bond acceptors (Lipinski definition) is 3. The molecule has 7 heteroatoms. The van der Waals surface area contributed by atoms with Crippen LogP contribution in [0.3, 0.4) is 0 Å². The van der Waals surface area contributed by atoms with Crippen molar-refractivity contribution in [3.8, 4) is 6.07 Å². The number of nitriles is 1. The van der Waals surface area contributed by atoms with Crippen LogP contribution in [-0.4, -0.2) is 10.9 Å². The molecule has 0 fully saturated rings. The molecule has 0 aliphatic heterocycles. The number of hydrogen-bond donors (Lipinski definition) is 3. The third-order valence-corrected chi connectivity index (χ3v) is 1.60. The van der Waals surface area contributed by atoms with E-state index in [0.717, 1.165) is 6.07 Å². The van der Waals surface area contributed by atoms with Crippen LogP contribution in [0, 0.1) is 21.4 Å². The van der Waals surface area contributed by atoms with Gasteiger partial charge in [-0.05, 0) is 12.1 Å². The fourth-order valence-electron chi connectivity index (χ4n) is 1.01. The maximum Gasteiger partial charge on any atom is 0.343 e. The summed E-state index contributed by atoms with van der Waals surface area (Å²) in [6.07, 6.45) is 0. The highest BCUT2D eigenvalue weighted by Gasteiger charge is 2.15. The van der Waals surface area contributed by atoms with E-state index in [2.05, 4.69) is 4.99 Å². The number of nitrogens with one attached hydrogen (secondary N) is 1. The standard InChI is InChI=1S/C8H7N5O2/c9-4-5-1-2-6(12-8(10)11)7(3-5)13(14)15/h1-3H,(H4,10,11,12)/p+1. The van der Waals surface area contributed by atoms with Crippen LogP contribution >= 0.6 is 0 Å². The third kappa shape index (κ3) is 2.41.